The highest BCUT2D eigenvalue weighted by atomic mass is 16.6. The van der Waals surface area contributed by atoms with Gasteiger partial charge in [-0.05, 0) is 61.6 Å². The Morgan fingerprint density at radius 1 is 0.949 bits per heavy atom. The van der Waals surface area contributed by atoms with Gasteiger partial charge in [-0.15, -0.1) is 0 Å². The first-order valence-electron chi connectivity index (χ1n) is 13.0. The van der Waals surface area contributed by atoms with E-state index in [2.05, 4.69) is 0 Å². The van der Waals surface area contributed by atoms with Crippen molar-refractivity contribution in [2.45, 2.75) is 38.5 Å². The third kappa shape index (κ3) is 5.78. The highest BCUT2D eigenvalue weighted by molar-refractivity contribution is 6.12. The second kappa shape index (κ2) is 12.3. The maximum absolute atomic E-state index is 13.9. The molecule has 2 aliphatic rings. The van der Waals surface area contributed by atoms with Gasteiger partial charge in [0, 0.05) is 30.9 Å². The summed E-state index contributed by atoms with van der Waals surface area (Å²) in [5.74, 6) is -0.463. The Hall–Kier alpha value is -3.85. The van der Waals surface area contributed by atoms with Crippen molar-refractivity contribution in [2.24, 2.45) is 10.9 Å². The number of nitrogens with zero attached hydrogens (tertiary/aromatic N) is 1. The number of aliphatic imine (C=N–C) groups is 1. The minimum absolute atomic E-state index is 0.0151. The lowest BCUT2D eigenvalue weighted by molar-refractivity contribution is -0.140. The molecular formula is C30H35NO8. The molecule has 1 unspecified atom stereocenters. The van der Waals surface area contributed by atoms with Crippen LogP contribution in [0.15, 0.2) is 52.7 Å². The van der Waals surface area contributed by atoms with Crippen LogP contribution >= 0.6 is 0 Å². The zero-order valence-electron chi connectivity index (χ0n) is 23.0. The summed E-state index contributed by atoms with van der Waals surface area (Å²) in [6.45, 7) is 4.26. The van der Waals surface area contributed by atoms with Crippen molar-refractivity contribution in [1.82, 2.24) is 0 Å². The van der Waals surface area contributed by atoms with Crippen molar-refractivity contribution in [1.29, 1.82) is 0 Å². The Kier molecular flexibility index (Phi) is 8.91. The first-order chi connectivity index (χ1) is 18.8. The number of fused-ring (bicyclic) bond motifs is 1. The van der Waals surface area contributed by atoms with Crippen LogP contribution in [-0.2, 0) is 19.1 Å². The molecule has 1 saturated carbocycles. The molecule has 0 radical (unpaired) electrons. The quantitative estimate of drug-likeness (QED) is 0.346. The summed E-state index contributed by atoms with van der Waals surface area (Å²) < 4.78 is 27.0. The second-order valence-electron chi connectivity index (χ2n) is 9.53. The molecule has 0 spiro atoms. The summed E-state index contributed by atoms with van der Waals surface area (Å²) in [6.07, 6.45) is 0.819. The Balaban J connectivity index is 1.76. The highest BCUT2D eigenvalue weighted by Crippen LogP contribution is 2.47. The van der Waals surface area contributed by atoms with Gasteiger partial charge >= 0.3 is 5.97 Å². The molecule has 208 valence electrons. The maximum atomic E-state index is 13.9. The van der Waals surface area contributed by atoms with Crippen molar-refractivity contribution in [3.8, 4) is 23.0 Å². The van der Waals surface area contributed by atoms with E-state index in [1.807, 2.05) is 25.1 Å². The number of methoxy groups -OCH3 is 3. The molecule has 1 N–H and O–H groups in total. The second-order valence-corrected chi connectivity index (χ2v) is 9.53. The number of hydrogen-bond acceptors (Lipinski definition) is 9. The summed E-state index contributed by atoms with van der Waals surface area (Å²) in [5, 5.41) is 10.3. The number of esters is 1. The van der Waals surface area contributed by atoms with Gasteiger partial charge in [0.2, 0.25) is 0 Å². The van der Waals surface area contributed by atoms with Crippen molar-refractivity contribution < 1.29 is 38.4 Å². The Bertz CT molecular complexity index is 1300. The number of phenols is 1. The fourth-order valence-electron chi connectivity index (χ4n) is 5.44. The van der Waals surface area contributed by atoms with Crippen LogP contribution in [0.2, 0.25) is 0 Å². The van der Waals surface area contributed by atoms with E-state index in [1.165, 1.54) is 13.2 Å². The summed E-state index contributed by atoms with van der Waals surface area (Å²) in [5.41, 5.74) is 3.16. The van der Waals surface area contributed by atoms with E-state index in [0.717, 1.165) is 5.56 Å². The van der Waals surface area contributed by atoms with Gasteiger partial charge in [-0.25, -0.2) is 4.79 Å². The van der Waals surface area contributed by atoms with Crippen molar-refractivity contribution in [3.05, 3.63) is 58.8 Å². The number of Topliss-reactive ketones (excluding diaryl/α,β-unsaturated/α-hetero) is 1. The van der Waals surface area contributed by atoms with Crippen LogP contribution < -0.4 is 14.2 Å². The first-order valence-corrected chi connectivity index (χ1v) is 13.0. The molecule has 1 heterocycles. The van der Waals surface area contributed by atoms with Crippen LogP contribution in [0.3, 0.4) is 0 Å². The standard InChI is InChI=1S/C30H35NO8/c1-6-38-25-16-19(7-9-22(25)32)28-27(30(34)39-12-11-35-3)17(2)31-21-13-20(14-23(33)29(21)28)18-8-10-24(36-4)26(15-18)37-5/h7-10,15-16,20,28-29,32H,6,11-14H2,1-5H3/t20-,28+,29?/m1/s1. The van der Waals surface area contributed by atoms with Crippen molar-refractivity contribution in [2.75, 3.05) is 41.2 Å². The lowest BCUT2D eigenvalue weighted by Gasteiger charge is -2.38. The number of hydrogen-bond donors (Lipinski definition) is 1. The fourth-order valence-corrected chi connectivity index (χ4v) is 5.44. The summed E-state index contributed by atoms with van der Waals surface area (Å²) in [4.78, 5) is 32.0. The Morgan fingerprint density at radius 3 is 2.36 bits per heavy atom. The first kappa shape index (κ1) is 28.2. The number of ether oxygens (including phenoxy) is 5. The maximum Gasteiger partial charge on any atom is 0.336 e. The number of ketones is 1. The van der Waals surface area contributed by atoms with Crippen LogP contribution in [0.25, 0.3) is 0 Å². The largest absolute Gasteiger partial charge is 0.504 e. The normalized spacial score (nSPS) is 20.7. The highest BCUT2D eigenvalue weighted by Gasteiger charge is 2.46. The molecule has 0 saturated heterocycles. The van der Waals surface area contributed by atoms with Gasteiger partial charge < -0.3 is 28.8 Å². The Morgan fingerprint density at radius 2 is 1.67 bits per heavy atom. The van der Waals surface area contributed by atoms with E-state index >= 15 is 0 Å². The molecular weight excluding hydrogens is 502 g/mol. The molecule has 39 heavy (non-hydrogen) atoms. The van der Waals surface area contributed by atoms with Gasteiger partial charge in [-0.3, -0.25) is 9.79 Å². The molecule has 0 aromatic heterocycles. The molecule has 9 heteroatoms. The van der Waals surface area contributed by atoms with E-state index in [0.29, 0.717) is 47.1 Å². The molecule has 2 aromatic carbocycles. The molecule has 0 amide bonds. The van der Waals surface area contributed by atoms with E-state index in [-0.39, 0.29) is 42.8 Å². The molecule has 4 rings (SSSR count). The molecule has 1 aliphatic heterocycles. The van der Waals surface area contributed by atoms with Gasteiger partial charge in [0.05, 0.1) is 38.9 Å². The van der Waals surface area contributed by atoms with E-state index in [1.54, 1.807) is 33.3 Å². The smallest absolute Gasteiger partial charge is 0.336 e. The topological polar surface area (TPSA) is 113 Å². The summed E-state index contributed by atoms with van der Waals surface area (Å²) in [6, 6.07) is 10.6. The van der Waals surface area contributed by atoms with Gasteiger partial charge in [-0.1, -0.05) is 12.1 Å². The zero-order chi connectivity index (χ0) is 28.1. The molecule has 9 nitrogen and oxygen atoms in total. The average molecular weight is 538 g/mol. The van der Waals surface area contributed by atoms with E-state index < -0.39 is 17.8 Å². The van der Waals surface area contributed by atoms with Gasteiger partial charge in [0.15, 0.2) is 23.0 Å². The average Bonchev–Trinajstić information content (AvgIpc) is 2.93. The van der Waals surface area contributed by atoms with Crippen LogP contribution in [0.5, 0.6) is 23.0 Å². The van der Waals surface area contributed by atoms with E-state index in [9.17, 15) is 14.7 Å². The van der Waals surface area contributed by atoms with Crippen LogP contribution in [0.1, 0.15) is 49.7 Å². The SMILES string of the molecule is CCOc1cc([C@H]2C(C(=O)OCCOC)=C(C)N=C3C[C@@H](c4ccc(OC)c(OC)c4)CC(=O)C32)ccc1O. The number of carbonyl (C=O) groups excluding carboxylic acids is 2. The van der Waals surface area contributed by atoms with E-state index in [4.69, 9.17) is 28.7 Å². The van der Waals surface area contributed by atoms with Gasteiger partial charge in [0.1, 0.15) is 12.4 Å². The molecule has 2 aromatic rings. The molecule has 3 atom stereocenters. The number of phenolic OH excluding ortho intramolecular Hbond substituents is 1. The summed E-state index contributed by atoms with van der Waals surface area (Å²) >= 11 is 0. The predicted octanol–water partition coefficient (Wildman–Crippen LogP) is 4.57. The minimum atomic E-state index is -0.644. The van der Waals surface area contributed by atoms with Crippen LogP contribution in [0.4, 0.5) is 0 Å². The van der Waals surface area contributed by atoms with Gasteiger partial charge in [-0.2, -0.15) is 0 Å². The number of benzene rings is 2. The lowest BCUT2D eigenvalue weighted by Crippen LogP contribution is -2.41. The predicted molar refractivity (Wildman–Crippen MR) is 145 cm³/mol. The van der Waals surface area contributed by atoms with Crippen molar-refractivity contribution in [3.63, 3.8) is 0 Å². The van der Waals surface area contributed by atoms with Crippen LogP contribution in [-0.4, -0.2) is 63.7 Å². The minimum Gasteiger partial charge on any atom is -0.504 e. The fraction of sp³-hybridized carbons (Fsp3) is 0.433. The zero-order valence-corrected chi connectivity index (χ0v) is 23.0. The molecule has 0 bridgehead atoms. The molecule has 1 aliphatic carbocycles. The monoisotopic (exact) mass is 537 g/mol. The lowest BCUT2D eigenvalue weighted by atomic mass is 9.66. The summed E-state index contributed by atoms with van der Waals surface area (Å²) in [7, 11) is 4.69. The molecule has 1 fully saturated rings. The number of carbonyl (C=O) groups is 2. The number of rotatable bonds is 10. The number of allylic oxidation sites excluding steroid dienone is 1. The van der Waals surface area contributed by atoms with Crippen LogP contribution in [0, 0.1) is 5.92 Å². The van der Waals surface area contributed by atoms with Gasteiger partial charge in [0.25, 0.3) is 0 Å². The van der Waals surface area contributed by atoms with Crippen molar-refractivity contribution >= 4 is 17.5 Å². The Labute approximate surface area is 228 Å². The number of aromatic hydroxyl groups is 1. The third-order valence-electron chi connectivity index (χ3n) is 7.22. The third-order valence-corrected chi connectivity index (χ3v) is 7.22.